The first kappa shape index (κ1) is 34.5. The molecule has 1 aromatic heterocycles. The number of rotatable bonds is 14. The predicted octanol–water partition coefficient (Wildman–Crippen LogP) is 6.22. The number of carbonyl (C=O) groups is 2. The van der Waals surface area contributed by atoms with Crippen LogP contribution in [0, 0.1) is 0 Å². The number of nitrogens with zero attached hydrogens (tertiary/aromatic N) is 1. The highest BCUT2D eigenvalue weighted by Crippen LogP contribution is 2.42. The van der Waals surface area contributed by atoms with Gasteiger partial charge in [0.2, 0.25) is 11.8 Å². The van der Waals surface area contributed by atoms with Crippen LogP contribution in [0.5, 0.6) is 11.5 Å². The normalized spacial score (nSPS) is 17.1. The molecular weight excluding hydrogens is 663 g/mol. The summed E-state index contributed by atoms with van der Waals surface area (Å²) in [5.41, 5.74) is 6.35. The van der Waals surface area contributed by atoms with E-state index in [4.69, 9.17) is 32.7 Å². The fourth-order valence-corrected chi connectivity index (χ4v) is 6.96. The Morgan fingerprint density at radius 1 is 0.776 bits per heavy atom. The highest BCUT2D eigenvalue weighted by Gasteiger charge is 2.22. The second-order valence-corrected chi connectivity index (χ2v) is 13.0. The molecule has 49 heavy (non-hydrogen) atoms. The molecule has 0 spiro atoms. The molecule has 0 saturated carbocycles. The van der Waals surface area contributed by atoms with Crippen molar-refractivity contribution in [3.05, 3.63) is 88.0 Å². The Bertz CT molecular complexity index is 1840. The van der Waals surface area contributed by atoms with Crippen molar-refractivity contribution in [1.29, 1.82) is 0 Å². The molecule has 4 aromatic rings. The molecule has 2 amide bonds. The van der Waals surface area contributed by atoms with E-state index in [2.05, 4.69) is 31.6 Å². The van der Waals surface area contributed by atoms with Gasteiger partial charge in [-0.3, -0.25) is 14.6 Å². The maximum Gasteiger partial charge on any atom is 0.220 e. The lowest BCUT2D eigenvalue weighted by atomic mass is 10.0. The highest BCUT2D eigenvalue weighted by atomic mass is 35.5. The van der Waals surface area contributed by atoms with Crippen LogP contribution in [0.4, 0.5) is 11.4 Å². The molecule has 2 fully saturated rings. The molecule has 2 aliphatic rings. The van der Waals surface area contributed by atoms with Gasteiger partial charge in [-0.1, -0.05) is 59.6 Å². The fourth-order valence-electron chi connectivity index (χ4n) is 6.36. The minimum absolute atomic E-state index is 0.103. The second-order valence-electron chi connectivity index (χ2n) is 12.2. The van der Waals surface area contributed by atoms with E-state index in [9.17, 15) is 9.59 Å². The van der Waals surface area contributed by atoms with Crippen LogP contribution in [0.1, 0.15) is 36.8 Å². The minimum Gasteiger partial charge on any atom is -0.496 e. The van der Waals surface area contributed by atoms with Gasteiger partial charge in [0.25, 0.3) is 0 Å². The topological polar surface area (TPSA) is 126 Å². The third-order valence-corrected chi connectivity index (χ3v) is 9.68. The lowest BCUT2D eigenvalue weighted by Gasteiger charge is -2.18. The zero-order valence-corrected chi connectivity index (χ0v) is 29.0. The molecule has 2 saturated heterocycles. The lowest BCUT2D eigenvalue weighted by molar-refractivity contribution is -0.120. The Morgan fingerprint density at radius 3 is 2.08 bits per heavy atom. The van der Waals surface area contributed by atoms with Crippen LogP contribution in [0.15, 0.2) is 66.9 Å². The van der Waals surface area contributed by atoms with Gasteiger partial charge in [-0.25, -0.2) is 0 Å². The van der Waals surface area contributed by atoms with Crippen molar-refractivity contribution in [3.63, 3.8) is 0 Å². The Morgan fingerprint density at radius 2 is 1.43 bits per heavy atom. The van der Waals surface area contributed by atoms with Gasteiger partial charge in [-0.05, 0) is 37.1 Å². The van der Waals surface area contributed by atoms with E-state index >= 15 is 0 Å². The molecule has 0 aliphatic carbocycles. The van der Waals surface area contributed by atoms with Crippen LogP contribution < -0.4 is 36.1 Å². The number of pyridine rings is 1. The summed E-state index contributed by atoms with van der Waals surface area (Å²) in [6.45, 7) is 2.55. The van der Waals surface area contributed by atoms with Crippen LogP contribution in [0.25, 0.3) is 22.4 Å². The Labute approximate surface area is 296 Å². The summed E-state index contributed by atoms with van der Waals surface area (Å²) < 4.78 is 11.6. The number of halogens is 2. The van der Waals surface area contributed by atoms with E-state index in [1.165, 1.54) is 0 Å². The maximum absolute atomic E-state index is 11.5. The van der Waals surface area contributed by atoms with Gasteiger partial charge in [0.15, 0.2) is 0 Å². The van der Waals surface area contributed by atoms with Crippen LogP contribution >= 0.6 is 23.2 Å². The van der Waals surface area contributed by atoms with E-state index in [0.717, 1.165) is 46.3 Å². The van der Waals surface area contributed by atoms with Crippen LogP contribution in [0.3, 0.4) is 0 Å². The number of hydrogen-bond acceptors (Lipinski definition) is 8. The molecule has 2 atom stereocenters. The summed E-state index contributed by atoms with van der Waals surface area (Å²) in [7, 11) is 3.29. The quantitative estimate of drug-likeness (QED) is 0.105. The van der Waals surface area contributed by atoms with E-state index in [0.29, 0.717) is 71.9 Å². The number of benzene rings is 3. The average Bonchev–Trinajstić information content (AvgIpc) is 3.73. The molecule has 10 nitrogen and oxygen atoms in total. The van der Waals surface area contributed by atoms with Gasteiger partial charge in [-0.15, -0.1) is 0 Å². The number of amides is 2. The summed E-state index contributed by atoms with van der Waals surface area (Å²) in [6.07, 6.45) is 4.56. The SMILES string of the molecule is COc1cc(-c2nccc(-c3cccc(Nc4cccc(CNC[C@H]5CCC(=O)N5)c4OC)c3Cl)c2Cl)ccc1CNC[C@H]1CCC(=O)N1. The van der Waals surface area contributed by atoms with Crippen LogP contribution in [-0.4, -0.2) is 56.2 Å². The summed E-state index contributed by atoms with van der Waals surface area (Å²) in [6, 6.07) is 19.7. The highest BCUT2D eigenvalue weighted by molar-refractivity contribution is 6.39. The number of ether oxygens (including phenoxy) is 2. The molecule has 0 unspecified atom stereocenters. The fraction of sp³-hybridized carbons (Fsp3) is 0.324. The number of methoxy groups -OCH3 is 2. The van der Waals surface area contributed by atoms with Gasteiger partial charge >= 0.3 is 0 Å². The molecule has 6 rings (SSSR count). The van der Waals surface area contributed by atoms with E-state index in [-0.39, 0.29) is 23.9 Å². The number of hydrogen-bond donors (Lipinski definition) is 5. The van der Waals surface area contributed by atoms with Gasteiger partial charge in [-0.2, -0.15) is 0 Å². The monoisotopic (exact) mass is 702 g/mol. The Kier molecular flexibility index (Phi) is 11.2. The molecule has 0 bridgehead atoms. The third-order valence-electron chi connectivity index (χ3n) is 8.89. The zero-order chi connectivity index (χ0) is 34.3. The number of aromatic nitrogens is 1. The number of carbonyl (C=O) groups excluding carboxylic acids is 2. The van der Waals surface area contributed by atoms with E-state index in [1.54, 1.807) is 20.4 Å². The average molecular weight is 704 g/mol. The summed E-state index contributed by atoms with van der Waals surface area (Å²) >= 11 is 14.1. The van der Waals surface area contributed by atoms with Crippen molar-refractivity contribution in [2.45, 2.75) is 50.9 Å². The molecule has 5 N–H and O–H groups in total. The minimum atomic E-state index is 0.103. The predicted molar refractivity (Wildman–Crippen MR) is 194 cm³/mol. The van der Waals surface area contributed by atoms with E-state index < -0.39 is 0 Å². The lowest BCUT2D eigenvalue weighted by Crippen LogP contribution is -2.35. The third kappa shape index (κ3) is 8.11. The van der Waals surface area contributed by atoms with Gasteiger partial charge < -0.3 is 36.1 Å². The largest absolute Gasteiger partial charge is 0.496 e. The second kappa shape index (κ2) is 15.9. The van der Waals surface area contributed by atoms with Crippen molar-refractivity contribution < 1.29 is 19.1 Å². The molecule has 2 aliphatic heterocycles. The van der Waals surface area contributed by atoms with Crippen molar-refractivity contribution >= 4 is 46.4 Å². The number of para-hydroxylation sites is 1. The van der Waals surface area contributed by atoms with E-state index in [1.807, 2.05) is 60.7 Å². The zero-order valence-electron chi connectivity index (χ0n) is 27.5. The first-order valence-electron chi connectivity index (χ1n) is 16.4. The molecule has 3 heterocycles. The van der Waals surface area contributed by atoms with Gasteiger partial charge in [0, 0.05) is 85.1 Å². The number of anilines is 2. The molecule has 0 radical (unpaired) electrons. The van der Waals surface area contributed by atoms with Gasteiger partial charge in [0.1, 0.15) is 11.5 Å². The standard InChI is InChI=1S/C37H40Cl2N6O4/c1-48-31-17-22(9-10-23(31)18-40-20-25-11-13-32(46)43-25)36-35(39)28(15-16-42-36)27-6-4-7-29(34(27)38)45-30-8-3-5-24(37(30)49-2)19-41-21-26-12-14-33(47)44-26/h3-10,15-17,25-26,40-41,45H,11-14,18-21H2,1-2H3,(H,43,46)(H,44,47)/t25-,26-/m1/s1. The molecule has 3 aromatic carbocycles. The Hall–Kier alpha value is -4.35. The van der Waals surface area contributed by atoms with Crippen LogP contribution in [0.2, 0.25) is 10.0 Å². The maximum atomic E-state index is 11.5. The smallest absolute Gasteiger partial charge is 0.220 e. The molecule has 256 valence electrons. The first-order valence-corrected chi connectivity index (χ1v) is 17.1. The first-order chi connectivity index (χ1) is 23.8. The van der Waals surface area contributed by atoms with Crippen molar-refractivity contribution in [2.24, 2.45) is 0 Å². The van der Waals surface area contributed by atoms with Gasteiger partial charge in [0.05, 0.1) is 41.3 Å². The van der Waals surface area contributed by atoms with Crippen LogP contribution in [-0.2, 0) is 22.7 Å². The van der Waals surface area contributed by atoms with Crippen molar-refractivity contribution in [2.75, 3.05) is 32.6 Å². The van der Waals surface area contributed by atoms with Crippen molar-refractivity contribution in [3.8, 4) is 33.9 Å². The summed E-state index contributed by atoms with van der Waals surface area (Å²) in [4.78, 5) is 27.7. The Balaban J connectivity index is 1.19. The molecular formula is C37H40Cl2N6O4. The summed E-state index contributed by atoms with van der Waals surface area (Å²) in [5.74, 6) is 1.62. The number of nitrogens with one attached hydrogen (secondary N) is 5. The molecule has 12 heteroatoms. The van der Waals surface area contributed by atoms with Crippen molar-refractivity contribution in [1.82, 2.24) is 26.3 Å². The summed E-state index contributed by atoms with van der Waals surface area (Å²) in [5, 5.41) is 17.3.